The quantitative estimate of drug-likeness (QED) is 0.00413. The van der Waals surface area contributed by atoms with Gasteiger partial charge in [0.25, 0.3) is 0 Å². The van der Waals surface area contributed by atoms with E-state index in [-0.39, 0.29) is 88.4 Å². The zero-order chi connectivity index (χ0) is 109. The Morgan fingerprint density at radius 3 is 1.11 bits per heavy atom. The number of ketones is 1. The maximum atomic E-state index is 13.8. The number of nitrogens with one attached hydrogen (secondary N) is 3. The molecule has 0 aliphatic carbocycles. The largest absolute Gasteiger partial charge is 0.491 e. The number of aliphatic hydroxyl groups excluding tert-OH is 3. The molecule has 3 amide bonds. The van der Waals surface area contributed by atoms with Gasteiger partial charge in [-0.15, -0.1) is 12.3 Å². The molecule has 0 spiro atoms. The molecule has 4 aromatic rings. The van der Waals surface area contributed by atoms with Gasteiger partial charge in [0.15, 0.2) is 25.0 Å². The van der Waals surface area contributed by atoms with E-state index in [0.29, 0.717) is 119 Å². The van der Waals surface area contributed by atoms with Crippen LogP contribution in [0.3, 0.4) is 0 Å². The third-order valence-electron chi connectivity index (χ3n) is 22.0. The van der Waals surface area contributed by atoms with E-state index in [0.717, 1.165) is 60.4 Å². The molecule has 4 aromatic carbocycles. The topological polar surface area (TPSA) is 336 Å². The van der Waals surface area contributed by atoms with Crippen LogP contribution in [-0.4, -0.2) is 198 Å². The highest BCUT2D eigenvalue weighted by Crippen LogP contribution is 2.46. The Morgan fingerprint density at radius 2 is 0.842 bits per heavy atom. The number of carbonyl (C=O) groups excluding carboxylic acids is 5. The molecule has 8 N–H and O–H groups in total. The number of rotatable bonds is 41. The van der Waals surface area contributed by atoms with Crippen LogP contribution in [0.5, 0.6) is 23.0 Å². The molecule has 0 fully saturated rings. The van der Waals surface area contributed by atoms with Crippen LogP contribution in [0.25, 0.3) is 0 Å². The van der Waals surface area contributed by atoms with Crippen molar-refractivity contribution >= 4 is 78.8 Å². The molecule has 0 aromatic heterocycles. The number of hydrogen-bond acceptors (Lipinski definition) is 22. The second-order valence-electron chi connectivity index (χ2n) is 41.0. The molecule has 0 radical (unpaired) electrons. The van der Waals surface area contributed by atoms with Crippen molar-refractivity contribution in [1.82, 2.24) is 16.0 Å². The van der Waals surface area contributed by atoms with Gasteiger partial charge in [0.05, 0.1) is 49.1 Å². The first kappa shape index (κ1) is 141. The third kappa shape index (κ3) is 71.2. The minimum atomic E-state index is -3.09. The van der Waals surface area contributed by atoms with E-state index in [1.165, 1.54) is 69.7 Å². The van der Waals surface area contributed by atoms with Crippen molar-refractivity contribution in [2.75, 3.05) is 86.5 Å². The normalized spacial score (nSPS) is 13.1. The molecule has 4 rings (SSSR count). The number of terminal acetylenes is 1. The molecule has 0 aliphatic rings. The number of alkyl carbamates (subject to hydrolysis) is 3. The van der Waals surface area contributed by atoms with E-state index in [2.05, 4.69) is 174 Å². The summed E-state index contributed by atoms with van der Waals surface area (Å²) in [4.78, 5) is 56.1. The van der Waals surface area contributed by atoms with E-state index in [9.17, 15) is 46.1 Å². The second-order valence-corrected chi connectivity index (χ2v) is 58.6. The predicted octanol–water partition coefficient (Wildman–Crippen LogP) is 25.5. The zero-order valence-corrected chi connectivity index (χ0v) is 97.3. The van der Waals surface area contributed by atoms with Gasteiger partial charge in [-0.25, -0.2) is 31.9 Å². The number of ether oxygens (including phenoxy) is 7. The van der Waals surface area contributed by atoms with Crippen molar-refractivity contribution in [3.8, 4) is 47.2 Å². The summed E-state index contributed by atoms with van der Waals surface area (Å²) in [7, 11) is -6.02. The molecular formula is C105H184BrF4N4O21PSi3. The number of benzene rings is 4. The third-order valence-corrected chi connectivity index (χ3v) is 38.2. The zero-order valence-electron chi connectivity index (χ0n) is 91.8. The highest BCUT2D eigenvalue weighted by molar-refractivity contribution is 9.10. The Bertz CT molecular complexity index is 4190. The molecule has 0 unspecified atom stereocenters. The fourth-order valence-electron chi connectivity index (χ4n) is 9.36. The molecule has 0 saturated heterocycles. The highest BCUT2D eigenvalue weighted by atomic mass is 79.9. The number of aliphatic hydroxyl groups is 3. The number of aldehydes is 1. The van der Waals surface area contributed by atoms with Crippen molar-refractivity contribution in [3.63, 3.8) is 0 Å². The van der Waals surface area contributed by atoms with Crippen LogP contribution in [0, 0.1) is 65.2 Å². The Morgan fingerprint density at radius 1 is 0.489 bits per heavy atom. The molecule has 0 aliphatic heterocycles. The summed E-state index contributed by atoms with van der Waals surface area (Å²) >= 11 is 3.33. The summed E-state index contributed by atoms with van der Waals surface area (Å²) in [6.07, 6.45) is 13.3. The van der Waals surface area contributed by atoms with Gasteiger partial charge in [-0.1, -0.05) is 162 Å². The number of aryl methyl sites for hydroxylation is 2. The molecule has 7 atom stereocenters. The van der Waals surface area contributed by atoms with E-state index in [1.54, 1.807) is 45.0 Å². The minimum absolute atomic E-state index is 0.00926. The lowest BCUT2D eigenvalue weighted by Gasteiger charge is -2.36. The first-order valence-corrected chi connectivity index (χ1v) is 59.6. The number of Topliss-reactive ketones (excluding diaryl/α,β-unsaturated/α-hetero) is 1. The van der Waals surface area contributed by atoms with Gasteiger partial charge >= 0.3 is 25.9 Å². The van der Waals surface area contributed by atoms with E-state index < -0.39 is 79.5 Å². The van der Waals surface area contributed by atoms with Gasteiger partial charge in [0.2, 0.25) is 0 Å². The van der Waals surface area contributed by atoms with E-state index >= 15 is 0 Å². The van der Waals surface area contributed by atoms with E-state index in [1.807, 2.05) is 96.9 Å². The van der Waals surface area contributed by atoms with Gasteiger partial charge in [0.1, 0.15) is 108 Å². The lowest BCUT2D eigenvalue weighted by atomic mass is 10.0. The standard InChI is InChI=1S/C24H42FNO4Si.C24H38FNO4Si.C18H28FNO4.C14H22BrFO2Si.C6H10.C5H11O4P.C5H12O.C5H10O.C4H11NO/c2*1-10-20(26-22(27)30-23(2,3)4)14-12-18-11-13-19(25)17-21(18)28-15-16-29-31(8,9)24(5,6)7;1-5-15(20-17(22)24-18(2,3)4)9-7-13-6-8-14(19)12-16(13)23-11-10-21;1-14(2,3)19(4,5)18-9-8-17-13-10-11(16)6-7-12(13)15;1-4-6(3)5-2;1-5(6)4-10(7,8-2)9-3;2*1-3-5(2)4-6;1-2-4(5)3-6/h11,13,17,20H,10,12,14-16H2,1-9H3,(H,26,27);11,13,17,20H,10,15-16H2,1-9H3,(H,26,27);6,8,12,15,21H,5,7,9-11H2,1-4H3,(H,20,22);6-7,10H,8-9H2,1-5H3;1,6H,5H2,2-3H3;4H2,1-3H3;5-6H,3-4H2,1-2H3;4-5H,3H2,1-2H3;4,6H,2-3,5H2,1H3/t2*20-;15-;;6-;;2*5-;4-/m111.0.111/s1. The summed E-state index contributed by atoms with van der Waals surface area (Å²) < 4.78 is 132. The number of halogens is 5. The molecule has 25 nitrogen and oxygen atoms in total. The van der Waals surface area contributed by atoms with Gasteiger partial charge in [-0.3, -0.25) is 9.36 Å². The first-order valence-electron chi connectivity index (χ1n) is 48.4. The second kappa shape index (κ2) is 72.3. The summed E-state index contributed by atoms with van der Waals surface area (Å²) in [6, 6.07) is 17.1. The number of nitrogens with two attached hydrogens (primary N) is 1. The Balaban J connectivity index is -0.000000519. The molecular weight excluding hydrogens is 1920 g/mol. The molecule has 0 saturated carbocycles. The van der Waals surface area contributed by atoms with Crippen LogP contribution in [-0.2, 0) is 63.5 Å². The monoisotopic (exact) mass is 2110 g/mol. The lowest BCUT2D eigenvalue weighted by molar-refractivity contribution is -0.115. The molecule has 0 bridgehead atoms. The number of carbonyl (C=O) groups is 5. The van der Waals surface area contributed by atoms with Gasteiger partial charge in [-0.05, 0) is 257 Å². The van der Waals surface area contributed by atoms with Crippen LogP contribution in [0.2, 0.25) is 54.4 Å². The summed E-state index contributed by atoms with van der Waals surface area (Å²) in [5, 5.41) is 34.3. The van der Waals surface area contributed by atoms with Gasteiger partial charge in [-0.2, -0.15) is 0 Å². The van der Waals surface area contributed by atoms with Crippen LogP contribution in [0.15, 0.2) is 77.3 Å². The average molecular weight is 2110 g/mol. The fourth-order valence-corrected chi connectivity index (χ4v) is 13.8. The van der Waals surface area contributed by atoms with Crippen molar-refractivity contribution in [2.24, 2.45) is 23.5 Å². The summed E-state index contributed by atoms with van der Waals surface area (Å²) in [6.45, 7) is 73.5. The SMILES string of the molecule is C#C[C@H](C)CC.CC(C)(C)[Si](C)(C)OCCOc1cc(F)ccc1Br.CC[C@@H](C)C=O.CC[C@@H](C)CO.CC[C@@H](N)CO.CC[C@H](C#Cc1ccc(F)cc1OCCO[Si](C)(C)C(C)(C)C)NC(=O)OC(C)(C)C.CC[C@H](CCc1ccc(F)cc1OCCO)NC(=O)OC(C)(C)C.CC[C@H](CCc1ccc(F)cc1OCCO[Si](C)(C)C(C)(C)C)NC(=O)OC(C)(C)C.COP(=O)(CC(C)=O)OC. The molecule has 34 heteroatoms. The minimum Gasteiger partial charge on any atom is -0.491 e. The molecule has 0 heterocycles. The van der Waals surface area contributed by atoms with E-state index in [4.69, 9.17) is 73.9 Å². The van der Waals surface area contributed by atoms with Crippen LogP contribution < -0.4 is 40.6 Å². The fraction of sp³-hybridized carbons (Fsp3) is 0.686. The van der Waals surface area contributed by atoms with Crippen molar-refractivity contribution < 1.29 is 117 Å². The van der Waals surface area contributed by atoms with Crippen molar-refractivity contribution in [1.29, 1.82) is 0 Å². The maximum absolute atomic E-state index is 13.8. The first-order chi connectivity index (χ1) is 63.9. The molecule has 139 heavy (non-hydrogen) atoms. The lowest BCUT2D eigenvalue weighted by Crippen LogP contribution is -2.41. The summed E-state index contributed by atoms with van der Waals surface area (Å²) in [5.74, 6) is 10.0. The smallest absolute Gasteiger partial charge is 0.408 e. The average Bonchev–Trinajstić information content (AvgIpc) is 0.840. The maximum Gasteiger partial charge on any atom is 0.408 e. The van der Waals surface area contributed by atoms with Crippen molar-refractivity contribution in [2.45, 2.75) is 367 Å². The van der Waals surface area contributed by atoms with Crippen LogP contribution in [0.1, 0.15) is 275 Å². The Kier molecular flexibility index (Phi) is 73.1. The summed E-state index contributed by atoms with van der Waals surface area (Å²) in [5.41, 5.74) is 5.88. The van der Waals surface area contributed by atoms with Gasteiger partial charge < -0.3 is 97.3 Å². The number of amides is 3. The highest BCUT2D eigenvalue weighted by Gasteiger charge is 2.39. The molecule has 802 valence electrons. The van der Waals surface area contributed by atoms with Crippen LogP contribution >= 0.6 is 23.5 Å². The van der Waals surface area contributed by atoms with Crippen molar-refractivity contribution in [3.05, 3.63) is 117 Å². The Labute approximate surface area is 847 Å². The predicted molar refractivity (Wildman–Crippen MR) is 569 cm³/mol. The van der Waals surface area contributed by atoms with Gasteiger partial charge in [0, 0.05) is 75.1 Å². The van der Waals surface area contributed by atoms with Crippen LogP contribution in [0.4, 0.5) is 31.9 Å². The number of hydrogen-bond donors (Lipinski definition) is 7. The Hall–Kier alpha value is -6.93.